The second kappa shape index (κ2) is 8.69. The van der Waals surface area contributed by atoms with Crippen LogP contribution in [0.25, 0.3) is 11.3 Å². The molecule has 1 saturated heterocycles. The lowest BCUT2D eigenvalue weighted by atomic mass is 9.97. The van der Waals surface area contributed by atoms with Crippen molar-refractivity contribution in [3.05, 3.63) is 66.6 Å². The third kappa shape index (κ3) is 4.39. The largest absolute Gasteiger partial charge is 0.322 e. The molecule has 1 fully saturated rings. The van der Waals surface area contributed by atoms with Crippen molar-refractivity contribution in [3.8, 4) is 11.3 Å². The summed E-state index contributed by atoms with van der Waals surface area (Å²) in [5.41, 5.74) is 3.81. The second-order valence-corrected chi connectivity index (χ2v) is 7.18. The molecule has 2 N–H and O–H groups in total. The molecule has 144 valence electrons. The SMILES string of the molecule is O=C(Nc1cccc(-c2ccn[nH]2)c1)N1CCCC[C@H]1CCc1ccccn1. The molecule has 6 nitrogen and oxygen atoms in total. The number of H-pyrrole nitrogens is 1. The van der Waals surface area contributed by atoms with Crippen LogP contribution in [0, 0.1) is 0 Å². The molecule has 2 aromatic heterocycles. The van der Waals surface area contributed by atoms with E-state index in [1.807, 2.05) is 59.6 Å². The van der Waals surface area contributed by atoms with Crippen molar-refractivity contribution in [1.29, 1.82) is 0 Å². The van der Waals surface area contributed by atoms with Crippen LogP contribution >= 0.6 is 0 Å². The fraction of sp³-hybridized carbons (Fsp3) is 0.318. The Morgan fingerprint density at radius 3 is 2.93 bits per heavy atom. The Morgan fingerprint density at radius 2 is 2.11 bits per heavy atom. The number of hydrogen-bond acceptors (Lipinski definition) is 3. The topological polar surface area (TPSA) is 73.9 Å². The van der Waals surface area contributed by atoms with E-state index in [9.17, 15) is 4.79 Å². The van der Waals surface area contributed by atoms with E-state index < -0.39 is 0 Å². The number of amides is 2. The van der Waals surface area contributed by atoms with Gasteiger partial charge in [0.05, 0.1) is 5.69 Å². The second-order valence-electron chi connectivity index (χ2n) is 7.18. The highest BCUT2D eigenvalue weighted by Crippen LogP contribution is 2.24. The van der Waals surface area contributed by atoms with Crippen LogP contribution in [0.2, 0.25) is 0 Å². The molecule has 2 amide bonds. The molecule has 0 saturated carbocycles. The Hall–Kier alpha value is -3.15. The maximum absolute atomic E-state index is 13.0. The minimum absolute atomic E-state index is 0.0209. The number of hydrogen-bond donors (Lipinski definition) is 2. The summed E-state index contributed by atoms with van der Waals surface area (Å²) >= 11 is 0. The first-order valence-electron chi connectivity index (χ1n) is 9.87. The lowest BCUT2D eigenvalue weighted by Gasteiger charge is -2.35. The van der Waals surface area contributed by atoms with Crippen LogP contribution in [0.3, 0.4) is 0 Å². The van der Waals surface area contributed by atoms with Gasteiger partial charge in [-0.3, -0.25) is 10.1 Å². The molecule has 1 aliphatic rings. The molecule has 4 rings (SSSR count). The van der Waals surface area contributed by atoms with Gasteiger partial charge in [-0.25, -0.2) is 4.79 Å². The van der Waals surface area contributed by atoms with Gasteiger partial charge < -0.3 is 10.2 Å². The summed E-state index contributed by atoms with van der Waals surface area (Å²) in [6, 6.07) is 16.0. The Labute approximate surface area is 165 Å². The third-order valence-corrected chi connectivity index (χ3v) is 5.27. The highest BCUT2D eigenvalue weighted by Gasteiger charge is 2.26. The van der Waals surface area contributed by atoms with E-state index in [4.69, 9.17) is 0 Å². The zero-order valence-corrected chi connectivity index (χ0v) is 15.8. The molecule has 6 heteroatoms. The molecule has 0 spiro atoms. The molecule has 3 heterocycles. The molecule has 0 unspecified atom stereocenters. The van der Waals surface area contributed by atoms with Crippen LogP contribution in [0.4, 0.5) is 10.5 Å². The van der Waals surface area contributed by atoms with Crippen LogP contribution in [0.1, 0.15) is 31.4 Å². The number of pyridine rings is 1. The van der Waals surface area contributed by atoms with Gasteiger partial charge in [-0.1, -0.05) is 18.2 Å². The van der Waals surface area contributed by atoms with Gasteiger partial charge in [-0.15, -0.1) is 0 Å². The first-order valence-corrected chi connectivity index (χ1v) is 9.87. The number of rotatable bonds is 5. The Bertz CT molecular complexity index is 894. The van der Waals surface area contributed by atoms with E-state index in [0.29, 0.717) is 0 Å². The molecule has 3 aromatic rings. The lowest BCUT2D eigenvalue weighted by Crippen LogP contribution is -2.46. The Balaban J connectivity index is 1.41. The number of carbonyl (C=O) groups excluding carboxylic acids is 1. The fourth-order valence-electron chi connectivity index (χ4n) is 3.80. The van der Waals surface area contributed by atoms with Gasteiger partial charge >= 0.3 is 6.03 Å². The maximum atomic E-state index is 13.0. The number of aryl methyl sites for hydroxylation is 1. The van der Waals surface area contributed by atoms with Crippen molar-refractivity contribution >= 4 is 11.7 Å². The lowest BCUT2D eigenvalue weighted by molar-refractivity contribution is 0.158. The van der Waals surface area contributed by atoms with E-state index in [0.717, 1.165) is 54.9 Å². The highest BCUT2D eigenvalue weighted by atomic mass is 16.2. The number of nitrogens with one attached hydrogen (secondary N) is 2. The summed E-state index contributed by atoms with van der Waals surface area (Å²) in [7, 11) is 0. The normalized spacial score (nSPS) is 16.7. The minimum atomic E-state index is -0.0209. The average molecular weight is 375 g/mol. The Kier molecular flexibility index (Phi) is 5.66. The Morgan fingerprint density at radius 1 is 1.14 bits per heavy atom. The van der Waals surface area contributed by atoms with Gasteiger partial charge in [-0.2, -0.15) is 5.10 Å². The van der Waals surface area contributed by atoms with Gasteiger partial charge in [0.25, 0.3) is 0 Å². The van der Waals surface area contributed by atoms with Crippen molar-refractivity contribution in [2.45, 2.75) is 38.1 Å². The van der Waals surface area contributed by atoms with Crippen LogP contribution in [-0.2, 0) is 6.42 Å². The van der Waals surface area contributed by atoms with Gasteiger partial charge in [-0.05, 0) is 62.4 Å². The molecule has 1 atom stereocenters. The third-order valence-electron chi connectivity index (χ3n) is 5.27. The summed E-state index contributed by atoms with van der Waals surface area (Å²) in [6.45, 7) is 0.805. The monoisotopic (exact) mass is 375 g/mol. The zero-order chi connectivity index (χ0) is 19.2. The van der Waals surface area contributed by atoms with Gasteiger partial charge in [0.15, 0.2) is 0 Å². The van der Waals surface area contributed by atoms with Crippen molar-refractivity contribution < 1.29 is 4.79 Å². The molecule has 28 heavy (non-hydrogen) atoms. The minimum Gasteiger partial charge on any atom is -0.322 e. The average Bonchev–Trinajstić information content (AvgIpc) is 3.28. The number of anilines is 1. The molecule has 1 aromatic carbocycles. The summed E-state index contributed by atoms with van der Waals surface area (Å²) < 4.78 is 0. The van der Waals surface area contributed by atoms with Gasteiger partial charge in [0, 0.05) is 41.9 Å². The zero-order valence-electron chi connectivity index (χ0n) is 15.8. The van der Waals surface area contributed by atoms with Crippen LogP contribution in [0.15, 0.2) is 60.9 Å². The number of carbonyl (C=O) groups is 1. The molecule has 0 aliphatic carbocycles. The first-order chi connectivity index (χ1) is 13.8. The quantitative estimate of drug-likeness (QED) is 0.690. The van der Waals surface area contributed by atoms with E-state index in [1.165, 1.54) is 6.42 Å². The van der Waals surface area contributed by atoms with Crippen molar-refractivity contribution in [2.75, 3.05) is 11.9 Å². The van der Waals surface area contributed by atoms with E-state index >= 15 is 0 Å². The van der Waals surface area contributed by atoms with E-state index in [1.54, 1.807) is 6.20 Å². The van der Waals surface area contributed by atoms with Crippen molar-refractivity contribution in [1.82, 2.24) is 20.1 Å². The summed E-state index contributed by atoms with van der Waals surface area (Å²) in [6.07, 6.45) is 8.67. The smallest absolute Gasteiger partial charge is 0.322 e. The number of likely N-dealkylation sites (tertiary alicyclic amines) is 1. The number of urea groups is 1. The number of aromatic nitrogens is 3. The summed E-state index contributed by atoms with van der Waals surface area (Å²) in [5.74, 6) is 0. The van der Waals surface area contributed by atoms with Crippen molar-refractivity contribution in [3.63, 3.8) is 0 Å². The number of nitrogens with zero attached hydrogens (tertiary/aromatic N) is 3. The first kappa shape index (κ1) is 18.2. The highest BCUT2D eigenvalue weighted by molar-refractivity contribution is 5.90. The molecular formula is C22H25N5O. The van der Waals surface area contributed by atoms with Crippen LogP contribution in [-0.4, -0.2) is 38.7 Å². The summed E-state index contributed by atoms with van der Waals surface area (Å²) in [4.78, 5) is 19.4. The fourth-order valence-corrected chi connectivity index (χ4v) is 3.80. The molecule has 0 bridgehead atoms. The van der Waals surface area contributed by atoms with Gasteiger partial charge in [0.2, 0.25) is 0 Å². The number of piperidine rings is 1. The summed E-state index contributed by atoms with van der Waals surface area (Å²) in [5, 5.41) is 10.0. The maximum Gasteiger partial charge on any atom is 0.322 e. The predicted octanol–water partition coefficient (Wildman–Crippen LogP) is 4.49. The number of aromatic amines is 1. The molecular weight excluding hydrogens is 350 g/mol. The van der Waals surface area contributed by atoms with Crippen LogP contribution < -0.4 is 5.32 Å². The van der Waals surface area contributed by atoms with Gasteiger partial charge in [0.1, 0.15) is 0 Å². The number of benzene rings is 1. The van der Waals surface area contributed by atoms with Crippen molar-refractivity contribution in [2.24, 2.45) is 0 Å². The predicted molar refractivity (Wildman–Crippen MR) is 110 cm³/mol. The van der Waals surface area contributed by atoms with Crippen LogP contribution in [0.5, 0.6) is 0 Å². The molecule has 0 radical (unpaired) electrons. The van der Waals surface area contributed by atoms with E-state index in [2.05, 4.69) is 20.5 Å². The van der Waals surface area contributed by atoms with E-state index in [-0.39, 0.29) is 12.1 Å². The standard InChI is InChI=1S/C22H25N5O/c28-22(25-19-8-5-6-17(16-19)21-12-14-24-26-21)27-15-4-2-9-20(27)11-10-18-7-1-3-13-23-18/h1,3,5-8,12-14,16,20H,2,4,9-11,15H2,(H,24,26)(H,25,28)/t20-/m0/s1. The molecule has 1 aliphatic heterocycles.